The summed E-state index contributed by atoms with van der Waals surface area (Å²) in [7, 11) is 0. The third kappa shape index (κ3) is 5.40. The number of nitrogens with one attached hydrogen (secondary N) is 3. The lowest BCUT2D eigenvalue weighted by Gasteiger charge is -2.03. The number of nitrogens with zero attached hydrogens (tertiary/aromatic N) is 13. The predicted molar refractivity (Wildman–Crippen MR) is 271 cm³/mol. The molecule has 0 radical (unpaired) electrons. The Labute approximate surface area is 394 Å². The van der Waals surface area contributed by atoms with Crippen LogP contribution < -0.4 is 22.8 Å². The van der Waals surface area contributed by atoms with E-state index in [2.05, 4.69) is 15.0 Å². The maximum atomic E-state index is 13.8. The second-order valence-corrected chi connectivity index (χ2v) is 17.7. The highest BCUT2D eigenvalue weighted by atomic mass is 16.2. The summed E-state index contributed by atoms with van der Waals surface area (Å²) in [6, 6.07) is 15.6. The molecular formula is C50H46N16O4. The molecule has 8 bridgehead atoms. The van der Waals surface area contributed by atoms with E-state index in [0.717, 1.165) is 33.1 Å². The van der Waals surface area contributed by atoms with Crippen molar-refractivity contribution >= 4 is 88.3 Å². The third-order valence-electron chi connectivity index (χ3n) is 14.4. The molecule has 7 aromatic heterocycles. The standard InChI is InChI=1S/C50H46N16O4/c1-8-60-32-16-24-23(15-31(32)51-47(60)67)39-52-40(24)54-42-27-19-35-36(64(12-5)49(69)63(35)11-4)20-28(27)44(56-42)58-46-30-22-38-37(65(13-6)50(70)66(38)14-7)21-29(30)45(59-46)57-43-26-18-34-33(17-25(26)41(53-39)55-43)61(9-2)48(68)62(34)10-3/h15-22H,8-14H2,1-7H3,(H,51,67)(H2,52,53,54,55,56,57,58,59). The summed E-state index contributed by atoms with van der Waals surface area (Å²) < 4.78 is 12.2. The Morgan fingerprint density at radius 3 is 0.900 bits per heavy atom. The fraction of sp³-hybridized carbons (Fsp3) is 0.280. The molecule has 0 spiro atoms. The van der Waals surface area contributed by atoms with Gasteiger partial charge >= 0.3 is 22.8 Å². The Balaban J connectivity index is 1.25. The molecule has 350 valence electrons. The second kappa shape index (κ2) is 14.7. The largest absolute Gasteiger partial charge is 0.329 e. The van der Waals surface area contributed by atoms with Crippen LogP contribution in [0.5, 0.6) is 0 Å². The normalized spacial score (nSPS) is 12.6. The van der Waals surface area contributed by atoms with Gasteiger partial charge in [-0.05, 0) is 97.0 Å². The van der Waals surface area contributed by atoms with Gasteiger partial charge in [-0.25, -0.2) is 49.1 Å². The van der Waals surface area contributed by atoms with Crippen LogP contribution in [0.15, 0.2) is 67.7 Å². The van der Waals surface area contributed by atoms with E-state index in [0.29, 0.717) is 147 Å². The Hall–Kier alpha value is -8.68. The van der Waals surface area contributed by atoms with Crippen molar-refractivity contribution in [2.75, 3.05) is 0 Å². The van der Waals surface area contributed by atoms with E-state index < -0.39 is 0 Å². The van der Waals surface area contributed by atoms with Crippen molar-refractivity contribution in [2.24, 2.45) is 0 Å². The van der Waals surface area contributed by atoms with Crippen LogP contribution in [0.2, 0.25) is 0 Å². The van der Waals surface area contributed by atoms with E-state index in [1.165, 1.54) is 0 Å². The van der Waals surface area contributed by atoms with Gasteiger partial charge in [-0.3, -0.25) is 32.0 Å². The number of hydrogen-bond acceptors (Lipinski definition) is 10. The van der Waals surface area contributed by atoms with Crippen LogP contribution in [-0.2, 0) is 45.8 Å². The van der Waals surface area contributed by atoms with Crippen LogP contribution in [0.1, 0.15) is 48.5 Å². The molecule has 0 unspecified atom stereocenters. The Kier molecular flexibility index (Phi) is 8.69. The molecule has 2 aliphatic heterocycles. The minimum Gasteiger partial charge on any atom is -0.324 e. The zero-order valence-electron chi connectivity index (χ0n) is 39.5. The van der Waals surface area contributed by atoms with Crippen molar-refractivity contribution in [1.29, 1.82) is 0 Å². The number of aromatic nitrogens is 16. The second-order valence-electron chi connectivity index (χ2n) is 17.7. The van der Waals surface area contributed by atoms with Gasteiger partial charge in [0.25, 0.3) is 0 Å². The molecule has 20 nitrogen and oxygen atoms in total. The van der Waals surface area contributed by atoms with Gasteiger partial charge in [-0.15, -0.1) is 0 Å². The van der Waals surface area contributed by atoms with Gasteiger partial charge in [0.2, 0.25) is 0 Å². The topological polar surface area (TPSA) is 228 Å². The molecule has 0 saturated heterocycles. The molecule has 0 aliphatic carbocycles. The number of fused-ring (bicyclic) bond motifs is 24. The summed E-state index contributed by atoms with van der Waals surface area (Å²) in [5.74, 6) is 1.38. The summed E-state index contributed by atoms with van der Waals surface area (Å²) >= 11 is 0. The molecule has 0 amide bonds. The lowest BCUT2D eigenvalue weighted by atomic mass is 10.1. The van der Waals surface area contributed by atoms with Gasteiger partial charge in [0.05, 0.1) is 44.1 Å². The van der Waals surface area contributed by atoms with Crippen molar-refractivity contribution in [1.82, 2.24) is 76.8 Å². The molecule has 9 heterocycles. The van der Waals surface area contributed by atoms with Crippen LogP contribution in [0.4, 0.5) is 0 Å². The van der Waals surface area contributed by atoms with Crippen LogP contribution in [0.25, 0.3) is 134 Å². The van der Waals surface area contributed by atoms with E-state index in [1.807, 2.05) is 97.0 Å². The molecule has 0 atom stereocenters. The number of hydrogen-bond donors (Lipinski definition) is 3. The maximum Gasteiger partial charge on any atom is 0.329 e. The maximum absolute atomic E-state index is 13.8. The number of H-pyrrole nitrogens is 3. The molecule has 2 aliphatic rings. The summed E-state index contributed by atoms with van der Waals surface area (Å²) in [6.07, 6.45) is 0. The van der Waals surface area contributed by atoms with Gasteiger partial charge in [0.15, 0.2) is 23.3 Å². The predicted octanol–water partition coefficient (Wildman–Crippen LogP) is 7.00. The molecule has 0 saturated carbocycles. The van der Waals surface area contributed by atoms with Crippen LogP contribution in [0.3, 0.4) is 0 Å². The third-order valence-corrected chi connectivity index (χ3v) is 14.4. The molecular weight excluding hydrogens is 889 g/mol. The van der Waals surface area contributed by atoms with Crippen LogP contribution >= 0.6 is 0 Å². The van der Waals surface area contributed by atoms with Gasteiger partial charge < -0.3 is 15.0 Å². The minimum absolute atomic E-state index is 0.115. The molecule has 11 aromatic rings. The Morgan fingerprint density at radius 1 is 0.329 bits per heavy atom. The number of rotatable bonds is 7. The first-order chi connectivity index (χ1) is 34.0. The molecule has 0 fully saturated rings. The fourth-order valence-corrected chi connectivity index (χ4v) is 11.0. The van der Waals surface area contributed by atoms with Crippen molar-refractivity contribution in [3.05, 3.63) is 90.5 Å². The van der Waals surface area contributed by atoms with E-state index >= 15 is 0 Å². The summed E-state index contributed by atoms with van der Waals surface area (Å²) in [5, 5.41) is 2.78. The quantitative estimate of drug-likeness (QED) is 0.148. The minimum atomic E-state index is -0.236. The van der Waals surface area contributed by atoms with E-state index in [1.54, 1.807) is 32.0 Å². The monoisotopic (exact) mass is 934 g/mol. The van der Waals surface area contributed by atoms with E-state index in [4.69, 9.17) is 29.9 Å². The van der Waals surface area contributed by atoms with E-state index in [-0.39, 0.29) is 22.8 Å². The number of aryl methyl sites for hydroxylation is 7. The van der Waals surface area contributed by atoms with E-state index in [9.17, 15) is 19.2 Å². The molecule has 70 heavy (non-hydrogen) atoms. The van der Waals surface area contributed by atoms with Crippen molar-refractivity contribution < 1.29 is 0 Å². The summed E-state index contributed by atoms with van der Waals surface area (Å²) in [6.45, 7) is 16.8. The van der Waals surface area contributed by atoms with Gasteiger partial charge in [-0.2, -0.15) is 0 Å². The first kappa shape index (κ1) is 41.5. The van der Waals surface area contributed by atoms with Crippen molar-refractivity contribution in [3.63, 3.8) is 0 Å². The highest BCUT2D eigenvalue weighted by Crippen LogP contribution is 2.41. The highest BCUT2D eigenvalue weighted by molar-refractivity contribution is 6.12. The molecule has 3 N–H and O–H groups in total. The number of aromatic amines is 3. The average Bonchev–Trinajstić information content (AvgIpc) is 4.23. The average molecular weight is 935 g/mol. The van der Waals surface area contributed by atoms with Gasteiger partial charge in [-0.1, -0.05) is 0 Å². The lowest BCUT2D eigenvalue weighted by Crippen LogP contribution is -2.23. The van der Waals surface area contributed by atoms with Crippen LogP contribution in [-0.4, -0.2) is 76.8 Å². The zero-order valence-corrected chi connectivity index (χ0v) is 39.5. The molecule has 13 rings (SSSR count). The smallest absolute Gasteiger partial charge is 0.324 e. The van der Waals surface area contributed by atoms with Crippen molar-refractivity contribution in [2.45, 2.75) is 94.3 Å². The highest BCUT2D eigenvalue weighted by Gasteiger charge is 2.27. The Morgan fingerprint density at radius 2 is 0.600 bits per heavy atom. The molecule has 4 aromatic carbocycles. The SMILES string of the molecule is CCn1c(=O)[nH]c2cc3c(cc21)-c1nc-3nc2[nH]c(nc3nc(nc4[nH]c(n1)c1cc5c(cc41)n(CC)c(=O)n5CC)-c1cc4c(cc1-3)n(CC)c(=O)n4CC)c1cc3c(cc21)n(CC)c(=O)n3CC. The first-order valence-electron chi connectivity index (χ1n) is 23.9. The fourth-order valence-electron chi connectivity index (χ4n) is 11.0. The van der Waals surface area contributed by atoms with Crippen LogP contribution in [0, 0.1) is 0 Å². The van der Waals surface area contributed by atoms with Gasteiger partial charge in [0.1, 0.15) is 22.6 Å². The Bertz CT molecular complexity index is 4580. The summed E-state index contributed by atoms with van der Waals surface area (Å²) in [5.41, 5.74) is 9.59. The molecule has 20 heteroatoms. The zero-order chi connectivity index (χ0) is 48.2. The van der Waals surface area contributed by atoms with Gasteiger partial charge in [0, 0.05) is 89.6 Å². The summed E-state index contributed by atoms with van der Waals surface area (Å²) in [4.78, 5) is 96.3. The van der Waals surface area contributed by atoms with Crippen molar-refractivity contribution in [3.8, 4) is 45.6 Å². The number of benzene rings is 4. The lowest BCUT2D eigenvalue weighted by molar-refractivity contribution is 0.670. The first-order valence-corrected chi connectivity index (χ1v) is 23.9. The number of imidazole rings is 4.